The molecule has 4 aliphatic rings. The number of nitrogens with zero attached hydrogens (tertiary/aromatic N) is 2. The van der Waals surface area contributed by atoms with Gasteiger partial charge in [0.2, 0.25) is 0 Å². The van der Waals surface area contributed by atoms with Crippen LogP contribution in [-0.2, 0) is 66.6 Å². The van der Waals surface area contributed by atoms with E-state index in [2.05, 4.69) is 22.6 Å². The van der Waals surface area contributed by atoms with Crippen LogP contribution in [0.15, 0.2) is 17.3 Å². The number of hydrogen-bond donors (Lipinski definition) is 1. The molecule has 17 heteroatoms. The van der Waals surface area contributed by atoms with Gasteiger partial charge in [-0.25, -0.2) is 4.79 Å². The molecule has 0 aromatic heterocycles. The Labute approximate surface area is 398 Å². The largest absolute Gasteiger partial charge is 0.459 e. The Hall–Kier alpha value is -3.47. The maximum absolute atomic E-state index is 15.0. The minimum Gasteiger partial charge on any atom is -0.459 e. The Balaban J connectivity index is 2.09. The molecule has 0 aliphatic carbocycles. The smallest absolute Gasteiger partial charge is 0.331 e. The number of oxime groups is 1. The molecule has 4 fully saturated rings. The first-order valence-electron chi connectivity index (χ1n) is 23.8. The molecule has 0 spiro atoms. The third-order valence-electron chi connectivity index (χ3n) is 14.5. The number of terminal acetylenes is 1. The van der Waals surface area contributed by atoms with E-state index in [1.54, 1.807) is 27.9 Å². The van der Waals surface area contributed by atoms with Gasteiger partial charge in [0, 0.05) is 65.0 Å². The summed E-state index contributed by atoms with van der Waals surface area (Å²) in [5.41, 5.74) is -3.31. The van der Waals surface area contributed by atoms with Gasteiger partial charge in [-0.05, 0) is 72.4 Å². The summed E-state index contributed by atoms with van der Waals surface area (Å²) >= 11 is 0. The molecule has 17 nitrogen and oxygen atoms in total. The number of ether oxygens (including phenoxy) is 9. The van der Waals surface area contributed by atoms with Crippen molar-refractivity contribution in [3.63, 3.8) is 0 Å². The summed E-state index contributed by atoms with van der Waals surface area (Å²) in [4.78, 5) is 60.3. The molecule has 0 aromatic rings. The number of likely N-dealkylation sites (N-methyl/N-ethyl adjacent to an activating group) is 1. The highest BCUT2D eigenvalue weighted by Gasteiger charge is 2.57. The quantitative estimate of drug-likeness (QED) is 0.0674. The second kappa shape index (κ2) is 23.4. The van der Waals surface area contributed by atoms with Gasteiger partial charge in [-0.15, -0.1) is 12.3 Å². The van der Waals surface area contributed by atoms with E-state index in [9.17, 15) is 19.5 Å². The summed E-state index contributed by atoms with van der Waals surface area (Å²) in [5.74, 6) is -3.27. The molecular formula is C50H80N2O15. The second-order valence-electron chi connectivity index (χ2n) is 20.2. The lowest BCUT2D eigenvalue weighted by Crippen LogP contribution is -2.63. The van der Waals surface area contributed by atoms with Crippen molar-refractivity contribution in [2.45, 2.75) is 200 Å². The third kappa shape index (κ3) is 13.2. The SMILES string of the molecule is C#CCCN(C)C1C[C@@H](C)O[C@@H](O[C@@H]2[C@@H](C)C([C@H]3C[C@@](C)(OC)[C@@H](OC(C)=O)[C@H](C)O3)[C@@H](C)C(=O)OC(CC)[C@@](C)(O)[C@@H]3OCC(=C)CO[C@]2(C)C[C@@H](C)/C(=N\OC(C)=O)[C@@H]3C)[C@@H]1OC(C)=O. The molecule has 0 amide bonds. The van der Waals surface area contributed by atoms with Gasteiger partial charge in [-0.3, -0.25) is 19.3 Å². The van der Waals surface area contributed by atoms with Crippen LogP contribution in [-0.4, -0.2) is 151 Å². The van der Waals surface area contributed by atoms with E-state index in [0.29, 0.717) is 30.7 Å². The zero-order chi connectivity index (χ0) is 50.3. The molecule has 18 atom stereocenters. The van der Waals surface area contributed by atoms with E-state index in [4.69, 9.17) is 53.9 Å². The predicted octanol–water partition coefficient (Wildman–Crippen LogP) is 5.56. The number of esters is 3. The maximum atomic E-state index is 15.0. The van der Waals surface area contributed by atoms with E-state index in [-0.39, 0.29) is 44.6 Å². The van der Waals surface area contributed by atoms with Gasteiger partial charge in [-0.1, -0.05) is 46.4 Å². The highest BCUT2D eigenvalue weighted by molar-refractivity contribution is 5.89. The van der Waals surface area contributed by atoms with Crippen molar-refractivity contribution in [2.24, 2.45) is 34.7 Å². The lowest BCUT2D eigenvalue weighted by Gasteiger charge is -2.53. The minimum atomic E-state index is -1.82. The lowest BCUT2D eigenvalue weighted by molar-refractivity contribution is -0.308. The Morgan fingerprint density at radius 3 is 2.19 bits per heavy atom. The van der Waals surface area contributed by atoms with Crippen LogP contribution >= 0.6 is 0 Å². The lowest BCUT2D eigenvalue weighted by atomic mass is 9.67. The summed E-state index contributed by atoms with van der Waals surface area (Å²) in [5, 5.41) is 17.1. The summed E-state index contributed by atoms with van der Waals surface area (Å²) in [6.45, 7) is 27.0. The van der Waals surface area contributed by atoms with Crippen molar-refractivity contribution in [3.05, 3.63) is 12.2 Å². The molecule has 2 bridgehead atoms. The van der Waals surface area contributed by atoms with Gasteiger partial charge in [0.1, 0.15) is 17.3 Å². The molecule has 0 radical (unpaired) electrons. The molecule has 4 aliphatic heterocycles. The Morgan fingerprint density at radius 2 is 1.61 bits per heavy atom. The van der Waals surface area contributed by atoms with Crippen molar-refractivity contribution in [2.75, 3.05) is 33.9 Å². The number of cyclic esters (lactones) is 1. The molecule has 67 heavy (non-hydrogen) atoms. The Morgan fingerprint density at radius 1 is 0.955 bits per heavy atom. The van der Waals surface area contributed by atoms with Crippen LogP contribution in [0.3, 0.4) is 0 Å². The van der Waals surface area contributed by atoms with Gasteiger partial charge in [0.05, 0.1) is 67.0 Å². The van der Waals surface area contributed by atoms with E-state index in [1.165, 1.54) is 20.8 Å². The van der Waals surface area contributed by atoms with Crippen molar-refractivity contribution in [1.82, 2.24) is 4.90 Å². The van der Waals surface area contributed by atoms with Crippen LogP contribution in [0.1, 0.15) is 122 Å². The first-order valence-corrected chi connectivity index (χ1v) is 23.8. The van der Waals surface area contributed by atoms with Gasteiger partial charge < -0.3 is 52.6 Å². The normalized spacial score (nSPS) is 42.0. The zero-order valence-electron chi connectivity index (χ0n) is 42.7. The summed E-state index contributed by atoms with van der Waals surface area (Å²) < 4.78 is 59.1. The average Bonchev–Trinajstić information content (AvgIpc) is 3.25. The highest BCUT2D eigenvalue weighted by atomic mass is 16.7. The summed E-state index contributed by atoms with van der Waals surface area (Å²) in [6, 6.07) is -0.371. The first-order chi connectivity index (χ1) is 31.2. The van der Waals surface area contributed by atoms with Crippen molar-refractivity contribution < 1.29 is 71.8 Å². The molecule has 4 heterocycles. The number of aliphatic hydroxyl groups is 1. The van der Waals surface area contributed by atoms with Crippen LogP contribution in [0.5, 0.6) is 0 Å². The molecule has 4 rings (SSSR count). The maximum Gasteiger partial charge on any atom is 0.331 e. The molecule has 3 unspecified atom stereocenters. The third-order valence-corrected chi connectivity index (χ3v) is 14.5. The number of fused-ring (bicyclic) bond motifs is 5. The summed E-state index contributed by atoms with van der Waals surface area (Å²) in [7, 11) is 3.46. The van der Waals surface area contributed by atoms with E-state index in [0.717, 1.165) is 0 Å². The molecule has 1 N–H and O–H groups in total. The molecule has 0 saturated carbocycles. The van der Waals surface area contributed by atoms with Crippen LogP contribution in [0, 0.1) is 41.9 Å². The fourth-order valence-corrected chi connectivity index (χ4v) is 11.2. The van der Waals surface area contributed by atoms with E-state index in [1.807, 2.05) is 55.5 Å². The Kier molecular flexibility index (Phi) is 19.6. The van der Waals surface area contributed by atoms with Crippen molar-refractivity contribution in [3.8, 4) is 12.3 Å². The first kappa shape index (κ1) is 56.1. The topological polar surface area (TPSA) is 196 Å². The van der Waals surface area contributed by atoms with E-state index >= 15 is 4.79 Å². The number of hydrogen-bond acceptors (Lipinski definition) is 17. The molecule has 0 aromatic carbocycles. The van der Waals surface area contributed by atoms with Gasteiger partial charge in [-0.2, -0.15) is 0 Å². The van der Waals surface area contributed by atoms with E-state index < -0.39 is 119 Å². The predicted molar refractivity (Wildman–Crippen MR) is 247 cm³/mol. The average molecular weight is 949 g/mol. The Bertz CT molecular complexity index is 1820. The fourth-order valence-electron chi connectivity index (χ4n) is 11.2. The summed E-state index contributed by atoms with van der Waals surface area (Å²) in [6.07, 6.45) is -0.697. The van der Waals surface area contributed by atoms with Gasteiger partial charge in [0.15, 0.2) is 18.5 Å². The van der Waals surface area contributed by atoms with Gasteiger partial charge >= 0.3 is 23.9 Å². The number of carbonyl (C=O) groups is 4. The standard InChI is InChI=1S/C50H80N2O15/c1-18-20-21-52(16)37-22-29(5)61-47(42(37)63-34(10)53)66-43-30(6)40(38-24-48(13,58-17)45(33(9)62-38)64-35(11)54)31(7)46(56)65-39(19-2)50(15,57)44-32(8)41(51-67-36(12)55)28(4)23-49(43,14)60-26-27(3)25-59-44/h1,28-33,37-40,42-45,47,57H,3,19-26H2,2,4-17H3/b51-41+/t28-,29-,30+,31-,32+,33+,37?,38-,39?,40?,42-,43-,44-,45+,47+,48-,49-,50-/m1/s1. The van der Waals surface area contributed by atoms with Gasteiger partial charge in [0.25, 0.3) is 0 Å². The van der Waals surface area contributed by atoms with Crippen molar-refractivity contribution in [1.29, 1.82) is 0 Å². The van der Waals surface area contributed by atoms with Crippen LogP contribution in [0.25, 0.3) is 0 Å². The zero-order valence-corrected chi connectivity index (χ0v) is 42.7. The van der Waals surface area contributed by atoms with Crippen LogP contribution < -0.4 is 0 Å². The second-order valence-corrected chi connectivity index (χ2v) is 20.2. The monoisotopic (exact) mass is 949 g/mol. The van der Waals surface area contributed by atoms with Crippen molar-refractivity contribution >= 4 is 29.6 Å². The minimum absolute atomic E-state index is 0.0160. The van der Waals surface area contributed by atoms with Crippen LogP contribution in [0.4, 0.5) is 0 Å². The molecule has 380 valence electrons. The molecule has 4 saturated heterocycles. The number of methoxy groups -OCH3 is 1. The number of rotatable bonds is 11. The molecular weight excluding hydrogens is 869 g/mol. The highest BCUT2D eigenvalue weighted by Crippen LogP contribution is 2.47. The fraction of sp³-hybridized carbons (Fsp3) is 0.820. The van der Waals surface area contributed by atoms with Crippen LogP contribution in [0.2, 0.25) is 0 Å². The number of carbonyl (C=O) groups excluding carboxylic acids is 4.